The summed E-state index contributed by atoms with van der Waals surface area (Å²) in [5, 5.41) is 0. The summed E-state index contributed by atoms with van der Waals surface area (Å²) in [4.78, 5) is 0. The molecule has 0 fully saturated rings. The van der Waals surface area contributed by atoms with Crippen molar-refractivity contribution in [1.29, 1.82) is 0 Å². The zero-order valence-corrected chi connectivity index (χ0v) is 13.6. The summed E-state index contributed by atoms with van der Waals surface area (Å²) < 4.78 is 35.0. The third-order valence-electron chi connectivity index (χ3n) is 3.35. The molecule has 0 atom stereocenters. The van der Waals surface area contributed by atoms with Crippen LogP contribution >= 0.6 is 0 Å². The predicted molar refractivity (Wildman–Crippen MR) is 85.4 cm³/mol. The molecular formula is C16H26O4S. The van der Waals surface area contributed by atoms with Gasteiger partial charge in [0.2, 0.25) is 0 Å². The van der Waals surface area contributed by atoms with Crippen molar-refractivity contribution in [2.45, 2.75) is 51.9 Å². The summed E-state index contributed by atoms with van der Waals surface area (Å²) >= 11 is 0. The van der Waals surface area contributed by atoms with Crippen LogP contribution in [0.25, 0.3) is 0 Å². The first-order chi connectivity index (χ1) is 10.0. The molecule has 0 aliphatic carbocycles. The fourth-order valence-electron chi connectivity index (χ4n) is 2.13. The lowest BCUT2D eigenvalue weighted by Gasteiger charge is -2.06. The molecule has 0 aliphatic heterocycles. The highest BCUT2D eigenvalue weighted by Gasteiger charge is 2.04. The van der Waals surface area contributed by atoms with Crippen LogP contribution in [0.2, 0.25) is 0 Å². The van der Waals surface area contributed by atoms with Gasteiger partial charge in [0.15, 0.2) is 0 Å². The minimum Gasteiger partial charge on any atom is -0.492 e. The fourth-order valence-corrected chi connectivity index (χ4v) is 2.42. The molecule has 0 bridgehead atoms. The molecule has 0 amide bonds. The number of hydrogen-bond acceptors (Lipinski definition) is 3. The lowest BCUT2D eigenvalue weighted by molar-refractivity contribution is 0.335. The summed E-state index contributed by atoms with van der Waals surface area (Å²) in [5.74, 6) is 0.248. The van der Waals surface area contributed by atoms with E-state index in [2.05, 4.69) is 6.92 Å². The van der Waals surface area contributed by atoms with Crippen molar-refractivity contribution in [2.24, 2.45) is 0 Å². The van der Waals surface area contributed by atoms with E-state index in [-0.39, 0.29) is 12.4 Å². The van der Waals surface area contributed by atoms with Crippen molar-refractivity contribution >= 4 is 10.1 Å². The average Bonchev–Trinajstić information content (AvgIpc) is 2.43. The van der Waals surface area contributed by atoms with Gasteiger partial charge in [-0.05, 0) is 30.5 Å². The van der Waals surface area contributed by atoms with Gasteiger partial charge in [-0.3, -0.25) is 4.55 Å². The second kappa shape index (κ2) is 9.79. The van der Waals surface area contributed by atoms with Crippen molar-refractivity contribution in [2.75, 3.05) is 12.4 Å². The standard InChI is InChI=1S/C16H26O4S/c1-2-3-4-5-6-7-8-15-9-11-16(12-10-15)20-13-14-21(17,18)19/h9-12H,2-8,13-14H2,1H3,(H,17,18,19). The highest BCUT2D eigenvalue weighted by atomic mass is 32.2. The van der Waals surface area contributed by atoms with Gasteiger partial charge >= 0.3 is 0 Å². The van der Waals surface area contributed by atoms with E-state index in [1.54, 1.807) is 0 Å². The number of benzene rings is 1. The topological polar surface area (TPSA) is 63.6 Å². The van der Waals surface area contributed by atoms with Crippen LogP contribution in [0, 0.1) is 0 Å². The van der Waals surface area contributed by atoms with E-state index < -0.39 is 10.1 Å². The quantitative estimate of drug-likeness (QED) is 0.497. The number of unbranched alkanes of at least 4 members (excludes halogenated alkanes) is 5. The summed E-state index contributed by atoms with van der Waals surface area (Å²) in [5.41, 5.74) is 1.27. The molecule has 120 valence electrons. The molecule has 5 heteroatoms. The molecule has 0 radical (unpaired) electrons. The van der Waals surface area contributed by atoms with Crippen molar-refractivity contribution < 1.29 is 17.7 Å². The van der Waals surface area contributed by atoms with Crippen molar-refractivity contribution in [3.8, 4) is 5.75 Å². The fraction of sp³-hybridized carbons (Fsp3) is 0.625. The third kappa shape index (κ3) is 9.47. The Kier molecular flexibility index (Phi) is 8.38. The Balaban J connectivity index is 2.21. The molecule has 0 unspecified atom stereocenters. The number of hydrogen-bond donors (Lipinski definition) is 1. The van der Waals surface area contributed by atoms with Crippen molar-refractivity contribution in [3.05, 3.63) is 29.8 Å². The molecule has 0 spiro atoms. The van der Waals surface area contributed by atoms with Gasteiger partial charge in [-0.1, -0.05) is 51.2 Å². The second-order valence-electron chi connectivity index (χ2n) is 5.30. The maximum Gasteiger partial charge on any atom is 0.268 e. The van der Waals surface area contributed by atoms with E-state index in [1.165, 1.54) is 44.1 Å². The van der Waals surface area contributed by atoms with Crippen molar-refractivity contribution in [3.63, 3.8) is 0 Å². The van der Waals surface area contributed by atoms with Gasteiger partial charge < -0.3 is 4.74 Å². The Morgan fingerprint density at radius 3 is 2.24 bits per heavy atom. The van der Waals surface area contributed by atoms with E-state index in [0.717, 1.165) is 6.42 Å². The van der Waals surface area contributed by atoms with Crippen LogP contribution in [0.3, 0.4) is 0 Å². The predicted octanol–water partition coefficient (Wildman–Crippen LogP) is 3.86. The maximum absolute atomic E-state index is 10.6. The van der Waals surface area contributed by atoms with Crippen LogP contribution in [-0.2, 0) is 16.5 Å². The molecule has 1 N–H and O–H groups in total. The van der Waals surface area contributed by atoms with Crippen LogP contribution in [0.4, 0.5) is 0 Å². The maximum atomic E-state index is 10.6. The zero-order chi connectivity index (χ0) is 15.6. The lowest BCUT2D eigenvalue weighted by Crippen LogP contribution is -2.12. The van der Waals surface area contributed by atoms with E-state index in [9.17, 15) is 8.42 Å². The van der Waals surface area contributed by atoms with E-state index in [1.807, 2.05) is 24.3 Å². The van der Waals surface area contributed by atoms with Gasteiger partial charge in [0.1, 0.15) is 18.1 Å². The van der Waals surface area contributed by atoms with Crippen LogP contribution in [0.5, 0.6) is 5.75 Å². The van der Waals surface area contributed by atoms with Gasteiger partial charge in [-0.25, -0.2) is 0 Å². The minimum absolute atomic E-state index is 0.0321. The summed E-state index contributed by atoms with van der Waals surface area (Å²) in [6.45, 7) is 2.19. The Hall–Kier alpha value is -1.07. The molecule has 4 nitrogen and oxygen atoms in total. The number of ether oxygens (including phenoxy) is 1. The smallest absolute Gasteiger partial charge is 0.268 e. The molecule has 0 aliphatic rings. The first-order valence-corrected chi connectivity index (χ1v) is 9.29. The zero-order valence-electron chi connectivity index (χ0n) is 12.8. The normalized spacial score (nSPS) is 11.5. The number of rotatable bonds is 11. The van der Waals surface area contributed by atoms with Crippen molar-refractivity contribution in [1.82, 2.24) is 0 Å². The molecule has 0 saturated heterocycles. The first kappa shape index (κ1) is 18.0. The van der Waals surface area contributed by atoms with Gasteiger partial charge in [-0.15, -0.1) is 0 Å². The Labute approximate surface area is 128 Å². The summed E-state index contributed by atoms with van der Waals surface area (Å²) in [7, 11) is -3.95. The third-order valence-corrected chi connectivity index (χ3v) is 4.03. The molecule has 1 rings (SSSR count). The highest BCUT2D eigenvalue weighted by molar-refractivity contribution is 7.85. The van der Waals surface area contributed by atoms with Crippen LogP contribution in [-0.4, -0.2) is 25.3 Å². The van der Waals surface area contributed by atoms with Gasteiger partial charge in [0.05, 0.1) is 0 Å². The minimum atomic E-state index is -3.95. The molecule has 1 aromatic carbocycles. The summed E-state index contributed by atoms with van der Waals surface area (Å²) in [6, 6.07) is 7.70. The van der Waals surface area contributed by atoms with Crippen LogP contribution < -0.4 is 4.74 Å². The van der Waals surface area contributed by atoms with E-state index >= 15 is 0 Å². The second-order valence-corrected chi connectivity index (χ2v) is 6.87. The molecule has 0 saturated carbocycles. The van der Waals surface area contributed by atoms with Gasteiger partial charge in [0, 0.05) is 0 Å². The van der Waals surface area contributed by atoms with Gasteiger partial charge in [0.25, 0.3) is 10.1 Å². The highest BCUT2D eigenvalue weighted by Crippen LogP contribution is 2.15. The van der Waals surface area contributed by atoms with Crippen LogP contribution in [0.15, 0.2) is 24.3 Å². The Morgan fingerprint density at radius 1 is 1.00 bits per heavy atom. The van der Waals surface area contributed by atoms with E-state index in [0.29, 0.717) is 5.75 Å². The first-order valence-electron chi connectivity index (χ1n) is 7.68. The molecule has 21 heavy (non-hydrogen) atoms. The van der Waals surface area contributed by atoms with Gasteiger partial charge in [-0.2, -0.15) is 8.42 Å². The van der Waals surface area contributed by atoms with Crippen LogP contribution in [0.1, 0.15) is 51.0 Å². The molecule has 1 aromatic rings. The molecule has 0 aromatic heterocycles. The summed E-state index contributed by atoms with van der Waals surface area (Å²) in [6.07, 6.45) is 8.78. The Bertz CT molecular complexity index is 480. The number of aryl methyl sites for hydroxylation is 1. The Morgan fingerprint density at radius 2 is 1.62 bits per heavy atom. The average molecular weight is 314 g/mol. The van der Waals surface area contributed by atoms with E-state index in [4.69, 9.17) is 9.29 Å². The SMILES string of the molecule is CCCCCCCCc1ccc(OCCS(=O)(=O)O)cc1. The molecular weight excluding hydrogens is 288 g/mol. The largest absolute Gasteiger partial charge is 0.492 e. The lowest BCUT2D eigenvalue weighted by atomic mass is 10.0. The monoisotopic (exact) mass is 314 g/mol. The molecule has 0 heterocycles.